The number of nitrogens with one attached hydrogen (secondary N) is 1. The lowest BCUT2D eigenvalue weighted by molar-refractivity contribution is -0.126. The molecule has 25 heavy (non-hydrogen) atoms. The van der Waals surface area contributed by atoms with Crippen molar-refractivity contribution in [3.63, 3.8) is 0 Å². The molecule has 1 aromatic heterocycles. The second-order valence-corrected chi connectivity index (χ2v) is 7.38. The number of hydrogen-bond acceptors (Lipinski definition) is 2. The van der Waals surface area contributed by atoms with Crippen LogP contribution >= 0.6 is 0 Å². The van der Waals surface area contributed by atoms with E-state index in [4.69, 9.17) is 4.98 Å². The first-order valence-electron chi connectivity index (χ1n) is 9.96. The summed E-state index contributed by atoms with van der Waals surface area (Å²) in [5, 5.41) is 3.24. The smallest absolute Gasteiger partial charge is 0.223 e. The highest BCUT2D eigenvalue weighted by Gasteiger charge is 2.24. The number of imidazole rings is 1. The molecular formula is C21H31N3O. The molecule has 0 radical (unpaired) electrons. The summed E-state index contributed by atoms with van der Waals surface area (Å²) in [5.74, 6) is 1.38. The van der Waals surface area contributed by atoms with Crippen molar-refractivity contribution in [2.45, 2.75) is 77.8 Å². The standard InChI is InChI=1S/C21H31N3O/c1-3-4-10-15-24-19-14-9-8-13-18(19)23-20(24)16(2)22-21(25)17-11-6-5-7-12-17/h8-9,13-14,16-17H,3-7,10-12,15H2,1-2H3,(H,22,25). The molecule has 1 saturated carbocycles. The molecule has 1 aliphatic rings. The number of amides is 1. The first kappa shape index (κ1) is 18.0. The molecule has 136 valence electrons. The van der Waals surface area contributed by atoms with Crippen molar-refractivity contribution in [1.29, 1.82) is 0 Å². The fraction of sp³-hybridized carbons (Fsp3) is 0.619. The number of fused-ring (bicyclic) bond motifs is 1. The Hall–Kier alpha value is -1.84. The number of unbranched alkanes of at least 4 members (excludes halogenated alkanes) is 2. The first-order chi connectivity index (χ1) is 12.2. The fourth-order valence-electron chi connectivity index (χ4n) is 3.94. The van der Waals surface area contributed by atoms with Gasteiger partial charge in [0.15, 0.2) is 0 Å². The Morgan fingerprint density at radius 3 is 2.76 bits per heavy atom. The maximum absolute atomic E-state index is 12.6. The van der Waals surface area contributed by atoms with Crippen molar-refractivity contribution in [3.8, 4) is 0 Å². The number of benzene rings is 1. The monoisotopic (exact) mass is 341 g/mol. The van der Waals surface area contributed by atoms with Crippen LogP contribution in [0.25, 0.3) is 11.0 Å². The van der Waals surface area contributed by atoms with Gasteiger partial charge in [0, 0.05) is 12.5 Å². The van der Waals surface area contributed by atoms with E-state index >= 15 is 0 Å². The highest BCUT2D eigenvalue weighted by atomic mass is 16.1. The van der Waals surface area contributed by atoms with E-state index in [1.807, 2.05) is 6.07 Å². The van der Waals surface area contributed by atoms with Crippen molar-refractivity contribution in [2.24, 2.45) is 5.92 Å². The molecule has 1 N–H and O–H groups in total. The summed E-state index contributed by atoms with van der Waals surface area (Å²) >= 11 is 0. The zero-order valence-electron chi connectivity index (χ0n) is 15.6. The summed E-state index contributed by atoms with van der Waals surface area (Å²) in [6, 6.07) is 8.23. The number of carbonyl (C=O) groups excluding carboxylic acids is 1. The van der Waals surface area contributed by atoms with Crippen LogP contribution in [0.15, 0.2) is 24.3 Å². The van der Waals surface area contributed by atoms with Crippen molar-refractivity contribution in [1.82, 2.24) is 14.9 Å². The highest BCUT2D eigenvalue weighted by Crippen LogP contribution is 2.26. The second-order valence-electron chi connectivity index (χ2n) is 7.38. The average Bonchev–Trinajstić information content (AvgIpc) is 3.01. The van der Waals surface area contributed by atoms with Crippen molar-refractivity contribution in [2.75, 3.05) is 0 Å². The minimum absolute atomic E-state index is 0.0524. The average molecular weight is 341 g/mol. The lowest BCUT2D eigenvalue weighted by Crippen LogP contribution is -2.35. The van der Waals surface area contributed by atoms with E-state index in [1.54, 1.807) is 0 Å². The van der Waals surface area contributed by atoms with E-state index in [0.717, 1.165) is 37.1 Å². The Morgan fingerprint density at radius 1 is 1.24 bits per heavy atom. The maximum atomic E-state index is 12.6. The Morgan fingerprint density at radius 2 is 2.00 bits per heavy atom. The number of aryl methyl sites for hydroxylation is 1. The van der Waals surface area contributed by atoms with E-state index in [2.05, 4.69) is 41.9 Å². The van der Waals surface area contributed by atoms with Gasteiger partial charge >= 0.3 is 0 Å². The Labute approximate surface area is 151 Å². The summed E-state index contributed by atoms with van der Waals surface area (Å²) < 4.78 is 2.30. The normalized spacial score (nSPS) is 16.9. The van der Waals surface area contributed by atoms with Crippen LogP contribution in [-0.4, -0.2) is 15.5 Å². The van der Waals surface area contributed by atoms with Crippen LogP contribution in [-0.2, 0) is 11.3 Å². The van der Waals surface area contributed by atoms with E-state index in [0.29, 0.717) is 0 Å². The SMILES string of the molecule is CCCCCn1c(C(C)NC(=O)C2CCCCC2)nc2ccccc21. The fourth-order valence-corrected chi connectivity index (χ4v) is 3.94. The third-order valence-corrected chi connectivity index (χ3v) is 5.39. The van der Waals surface area contributed by atoms with Gasteiger partial charge in [-0.25, -0.2) is 4.98 Å². The molecule has 0 spiro atoms. The first-order valence-corrected chi connectivity index (χ1v) is 9.96. The van der Waals surface area contributed by atoms with Gasteiger partial charge in [-0.15, -0.1) is 0 Å². The van der Waals surface area contributed by atoms with E-state index in [1.165, 1.54) is 37.6 Å². The van der Waals surface area contributed by atoms with E-state index < -0.39 is 0 Å². The van der Waals surface area contributed by atoms with E-state index in [9.17, 15) is 4.79 Å². The van der Waals surface area contributed by atoms with Crippen LogP contribution in [0.3, 0.4) is 0 Å². The van der Waals surface area contributed by atoms with Gasteiger partial charge in [-0.3, -0.25) is 4.79 Å². The summed E-state index contributed by atoms with van der Waals surface area (Å²) in [7, 11) is 0. The molecule has 4 heteroatoms. The number of para-hydroxylation sites is 2. The second kappa shape index (κ2) is 8.50. The van der Waals surface area contributed by atoms with Gasteiger partial charge in [-0.2, -0.15) is 0 Å². The van der Waals surface area contributed by atoms with Gasteiger partial charge in [0.1, 0.15) is 5.82 Å². The molecule has 0 bridgehead atoms. The van der Waals surface area contributed by atoms with Crippen LogP contribution in [0.4, 0.5) is 0 Å². The molecule has 1 aromatic carbocycles. The minimum atomic E-state index is -0.0524. The predicted molar refractivity (Wildman–Crippen MR) is 102 cm³/mol. The summed E-state index contributed by atoms with van der Waals surface area (Å²) in [4.78, 5) is 17.5. The lowest BCUT2D eigenvalue weighted by atomic mass is 9.88. The van der Waals surface area contributed by atoms with Crippen LogP contribution in [0.1, 0.15) is 77.1 Å². The number of hydrogen-bond donors (Lipinski definition) is 1. The molecule has 4 nitrogen and oxygen atoms in total. The minimum Gasteiger partial charge on any atom is -0.346 e. The number of aromatic nitrogens is 2. The zero-order chi connectivity index (χ0) is 17.6. The molecule has 1 heterocycles. The summed E-state index contributed by atoms with van der Waals surface area (Å²) in [6.07, 6.45) is 9.27. The lowest BCUT2D eigenvalue weighted by Gasteiger charge is -2.23. The Balaban J connectivity index is 1.78. The molecule has 1 unspecified atom stereocenters. The van der Waals surface area contributed by atoms with Gasteiger partial charge < -0.3 is 9.88 Å². The van der Waals surface area contributed by atoms with Crippen LogP contribution < -0.4 is 5.32 Å². The largest absolute Gasteiger partial charge is 0.346 e. The molecule has 0 aliphatic heterocycles. The van der Waals surface area contributed by atoms with Crippen molar-refractivity contribution in [3.05, 3.63) is 30.1 Å². The predicted octanol–water partition coefficient (Wildman–Crippen LogP) is 4.98. The number of carbonyl (C=O) groups is 1. The van der Waals surface area contributed by atoms with Crippen LogP contribution in [0.5, 0.6) is 0 Å². The van der Waals surface area contributed by atoms with Gasteiger partial charge in [-0.1, -0.05) is 51.2 Å². The molecule has 0 saturated heterocycles. The molecular weight excluding hydrogens is 310 g/mol. The van der Waals surface area contributed by atoms with Crippen molar-refractivity contribution < 1.29 is 4.79 Å². The number of rotatable bonds is 7. The van der Waals surface area contributed by atoms with Crippen molar-refractivity contribution >= 4 is 16.9 Å². The quantitative estimate of drug-likeness (QED) is 0.722. The van der Waals surface area contributed by atoms with Gasteiger partial charge in [-0.05, 0) is 38.3 Å². The number of nitrogens with zero attached hydrogens (tertiary/aromatic N) is 2. The third kappa shape index (κ3) is 4.23. The highest BCUT2D eigenvalue weighted by molar-refractivity contribution is 5.80. The zero-order valence-corrected chi connectivity index (χ0v) is 15.6. The summed E-state index contributed by atoms with van der Waals surface area (Å²) in [5.41, 5.74) is 2.19. The van der Waals surface area contributed by atoms with E-state index in [-0.39, 0.29) is 17.9 Å². The van der Waals surface area contributed by atoms with Crippen LogP contribution in [0, 0.1) is 5.92 Å². The van der Waals surface area contributed by atoms with Gasteiger partial charge in [0.2, 0.25) is 5.91 Å². The van der Waals surface area contributed by atoms with Gasteiger partial charge in [0.25, 0.3) is 0 Å². The van der Waals surface area contributed by atoms with Gasteiger partial charge in [0.05, 0.1) is 17.1 Å². The topological polar surface area (TPSA) is 46.9 Å². The molecule has 1 amide bonds. The molecule has 2 aromatic rings. The molecule has 1 aliphatic carbocycles. The molecule has 3 rings (SSSR count). The third-order valence-electron chi connectivity index (χ3n) is 5.39. The Kier molecular flexibility index (Phi) is 6.11. The molecule has 1 fully saturated rings. The van der Waals surface area contributed by atoms with Crippen LogP contribution in [0.2, 0.25) is 0 Å². The summed E-state index contributed by atoms with van der Waals surface area (Å²) in [6.45, 7) is 5.26. The maximum Gasteiger partial charge on any atom is 0.223 e. The molecule has 1 atom stereocenters. The Bertz CT molecular complexity index is 700.